The highest BCUT2D eigenvalue weighted by Gasteiger charge is 2.18. The van der Waals surface area contributed by atoms with Crippen LogP contribution < -0.4 is 14.8 Å². The molecule has 7 heteroatoms. The zero-order valence-electron chi connectivity index (χ0n) is 17.8. The molecule has 0 heterocycles. The lowest BCUT2D eigenvalue weighted by Crippen LogP contribution is -2.37. The van der Waals surface area contributed by atoms with Crippen molar-refractivity contribution in [2.75, 3.05) is 11.3 Å². The van der Waals surface area contributed by atoms with Crippen LogP contribution in [0.15, 0.2) is 77.7 Å². The van der Waals surface area contributed by atoms with Crippen molar-refractivity contribution in [1.82, 2.24) is 5.32 Å². The number of carbonyl (C=O) groups excluding carboxylic acids is 1. The van der Waals surface area contributed by atoms with Gasteiger partial charge in [-0.2, -0.15) is 0 Å². The van der Waals surface area contributed by atoms with Gasteiger partial charge in [-0.1, -0.05) is 42.0 Å². The Balaban J connectivity index is 1.67. The first kappa shape index (κ1) is 22.4. The lowest BCUT2D eigenvalue weighted by molar-refractivity contribution is 0.0926. The molecule has 0 fully saturated rings. The molecule has 2 N–H and O–H groups in total. The van der Waals surface area contributed by atoms with E-state index in [0.29, 0.717) is 23.4 Å². The van der Waals surface area contributed by atoms with Gasteiger partial charge in [-0.3, -0.25) is 9.52 Å². The van der Waals surface area contributed by atoms with Crippen molar-refractivity contribution in [2.24, 2.45) is 0 Å². The summed E-state index contributed by atoms with van der Waals surface area (Å²) in [6, 6.07) is 20.5. The Hall–Kier alpha value is -3.32. The van der Waals surface area contributed by atoms with Crippen LogP contribution in [0, 0.1) is 13.8 Å². The fourth-order valence-electron chi connectivity index (χ4n) is 2.99. The lowest BCUT2D eigenvalue weighted by Gasteiger charge is -2.17. The van der Waals surface area contributed by atoms with E-state index in [1.54, 1.807) is 43.3 Å². The maximum Gasteiger partial charge on any atom is 0.261 e. The van der Waals surface area contributed by atoms with Crippen molar-refractivity contribution >= 4 is 21.6 Å². The van der Waals surface area contributed by atoms with Gasteiger partial charge in [-0.15, -0.1) is 0 Å². The second kappa shape index (κ2) is 9.66. The van der Waals surface area contributed by atoms with Crippen LogP contribution in [0.2, 0.25) is 0 Å². The minimum Gasteiger partial charge on any atom is -0.491 e. The van der Waals surface area contributed by atoms with E-state index in [0.717, 1.165) is 11.3 Å². The number of hydrogen-bond acceptors (Lipinski definition) is 4. The largest absolute Gasteiger partial charge is 0.491 e. The van der Waals surface area contributed by atoms with Gasteiger partial charge in [-0.05, 0) is 62.7 Å². The second-order valence-electron chi connectivity index (χ2n) is 7.40. The first-order valence-electron chi connectivity index (χ1n) is 9.94. The molecular formula is C24H26N2O4S. The van der Waals surface area contributed by atoms with E-state index >= 15 is 0 Å². The molecule has 0 unspecified atom stereocenters. The van der Waals surface area contributed by atoms with Crippen LogP contribution in [0.4, 0.5) is 5.69 Å². The van der Waals surface area contributed by atoms with Crippen LogP contribution in [0.1, 0.15) is 28.4 Å². The Morgan fingerprint density at radius 3 is 2.29 bits per heavy atom. The normalized spacial score (nSPS) is 12.1. The van der Waals surface area contributed by atoms with Crippen LogP contribution in [0.5, 0.6) is 5.75 Å². The summed E-state index contributed by atoms with van der Waals surface area (Å²) in [7, 11) is -3.75. The lowest BCUT2D eigenvalue weighted by atomic mass is 10.1. The van der Waals surface area contributed by atoms with Crippen molar-refractivity contribution in [3.63, 3.8) is 0 Å². The molecular weight excluding hydrogens is 412 g/mol. The summed E-state index contributed by atoms with van der Waals surface area (Å²) in [5, 5.41) is 2.90. The second-order valence-corrected chi connectivity index (χ2v) is 9.08. The molecule has 0 aliphatic heterocycles. The molecule has 162 valence electrons. The Bertz CT molecular complexity index is 1140. The summed E-state index contributed by atoms with van der Waals surface area (Å²) in [4.78, 5) is 12.9. The molecule has 0 aliphatic rings. The van der Waals surface area contributed by atoms with Gasteiger partial charge in [0.05, 0.1) is 16.6 Å². The minimum atomic E-state index is -3.75. The molecule has 3 aromatic carbocycles. The first-order chi connectivity index (χ1) is 14.8. The molecule has 0 spiro atoms. The van der Waals surface area contributed by atoms with Crippen LogP contribution in [0.25, 0.3) is 0 Å². The van der Waals surface area contributed by atoms with Crippen molar-refractivity contribution in [2.45, 2.75) is 31.7 Å². The van der Waals surface area contributed by atoms with E-state index in [4.69, 9.17) is 4.74 Å². The molecule has 0 aliphatic carbocycles. The quantitative estimate of drug-likeness (QED) is 0.549. The highest BCUT2D eigenvalue weighted by atomic mass is 32.2. The first-order valence-corrected chi connectivity index (χ1v) is 11.4. The number of hydrogen-bond donors (Lipinski definition) is 2. The number of benzene rings is 3. The number of ether oxygens (including phenoxy) is 1. The maximum atomic E-state index is 12.8. The monoisotopic (exact) mass is 438 g/mol. The third-order valence-electron chi connectivity index (χ3n) is 4.77. The van der Waals surface area contributed by atoms with E-state index in [9.17, 15) is 13.2 Å². The Labute approximate surface area is 183 Å². The molecule has 0 bridgehead atoms. The summed E-state index contributed by atoms with van der Waals surface area (Å²) < 4.78 is 33.5. The van der Waals surface area contributed by atoms with E-state index in [1.807, 2.05) is 38.1 Å². The molecule has 31 heavy (non-hydrogen) atoms. The van der Waals surface area contributed by atoms with Crippen molar-refractivity contribution in [3.05, 3.63) is 89.5 Å². The maximum absolute atomic E-state index is 12.8. The van der Waals surface area contributed by atoms with Gasteiger partial charge in [0.2, 0.25) is 0 Å². The highest BCUT2D eigenvalue weighted by Crippen LogP contribution is 2.22. The summed E-state index contributed by atoms with van der Waals surface area (Å²) in [5.41, 5.74) is 2.45. The predicted octanol–water partition coefficient (Wildman–Crippen LogP) is 4.30. The van der Waals surface area contributed by atoms with Crippen LogP contribution in [-0.4, -0.2) is 27.0 Å². The molecule has 1 amide bonds. The van der Waals surface area contributed by atoms with E-state index in [-0.39, 0.29) is 16.8 Å². The number of aryl methyl sites for hydroxylation is 1. The summed E-state index contributed by atoms with van der Waals surface area (Å²) in [6.07, 6.45) is 0. The number of anilines is 1. The molecule has 0 radical (unpaired) electrons. The number of sulfonamides is 1. The predicted molar refractivity (Wildman–Crippen MR) is 122 cm³/mol. The van der Waals surface area contributed by atoms with Gasteiger partial charge in [0.15, 0.2) is 0 Å². The van der Waals surface area contributed by atoms with E-state index < -0.39 is 10.0 Å². The fraction of sp³-hybridized carbons (Fsp3) is 0.208. The van der Waals surface area contributed by atoms with Crippen LogP contribution in [0.3, 0.4) is 0 Å². The highest BCUT2D eigenvalue weighted by molar-refractivity contribution is 7.92. The molecule has 0 aromatic heterocycles. The average molecular weight is 439 g/mol. The van der Waals surface area contributed by atoms with Gasteiger partial charge in [0, 0.05) is 5.56 Å². The van der Waals surface area contributed by atoms with Crippen LogP contribution >= 0.6 is 0 Å². The zero-order valence-corrected chi connectivity index (χ0v) is 18.6. The molecule has 0 saturated carbocycles. The number of nitrogens with one attached hydrogen (secondary N) is 2. The Kier molecular flexibility index (Phi) is 6.97. The third kappa shape index (κ3) is 5.86. The Morgan fingerprint density at radius 2 is 1.61 bits per heavy atom. The zero-order chi connectivity index (χ0) is 22.4. The SMILES string of the molecule is Cc1ccc(OC[C@H](C)NC(=O)c2cccc(NS(=O)(=O)c3ccccc3)c2C)cc1. The summed E-state index contributed by atoms with van der Waals surface area (Å²) >= 11 is 0. The van der Waals surface area contributed by atoms with Gasteiger partial charge in [0.25, 0.3) is 15.9 Å². The summed E-state index contributed by atoms with van der Waals surface area (Å²) in [6.45, 7) is 5.88. The average Bonchev–Trinajstić information content (AvgIpc) is 2.75. The van der Waals surface area contributed by atoms with Crippen molar-refractivity contribution in [1.29, 1.82) is 0 Å². The van der Waals surface area contributed by atoms with E-state index in [2.05, 4.69) is 10.0 Å². The van der Waals surface area contributed by atoms with Gasteiger partial charge in [-0.25, -0.2) is 8.42 Å². The van der Waals surface area contributed by atoms with Crippen molar-refractivity contribution in [3.8, 4) is 5.75 Å². The van der Waals surface area contributed by atoms with Gasteiger partial charge >= 0.3 is 0 Å². The smallest absolute Gasteiger partial charge is 0.261 e. The molecule has 3 aromatic rings. The number of rotatable bonds is 8. The fourth-order valence-corrected chi connectivity index (χ4v) is 4.14. The molecule has 0 saturated heterocycles. The van der Waals surface area contributed by atoms with Crippen LogP contribution in [-0.2, 0) is 10.0 Å². The molecule has 3 rings (SSSR count). The topological polar surface area (TPSA) is 84.5 Å². The molecule has 1 atom stereocenters. The number of carbonyl (C=O) groups is 1. The van der Waals surface area contributed by atoms with E-state index in [1.165, 1.54) is 12.1 Å². The van der Waals surface area contributed by atoms with Gasteiger partial charge < -0.3 is 10.1 Å². The number of amides is 1. The third-order valence-corrected chi connectivity index (χ3v) is 6.16. The molecule has 6 nitrogen and oxygen atoms in total. The minimum absolute atomic E-state index is 0.158. The van der Waals surface area contributed by atoms with Gasteiger partial charge in [0.1, 0.15) is 12.4 Å². The summed E-state index contributed by atoms with van der Waals surface area (Å²) in [5.74, 6) is 0.443. The standard InChI is InChI=1S/C24H26N2O4S/c1-17-12-14-20(15-13-17)30-16-18(2)25-24(27)22-10-7-11-23(19(22)3)26-31(28,29)21-8-5-4-6-9-21/h4-15,18,26H,16H2,1-3H3,(H,25,27)/t18-/m0/s1. The Morgan fingerprint density at radius 1 is 0.935 bits per heavy atom. The van der Waals surface area contributed by atoms with Crippen molar-refractivity contribution < 1.29 is 17.9 Å².